The van der Waals surface area contributed by atoms with Gasteiger partial charge in [-0.3, -0.25) is 0 Å². The normalized spacial score (nSPS) is 11.7. The second-order valence-electron chi connectivity index (χ2n) is 4.56. The van der Waals surface area contributed by atoms with Gasteiger partial charge in [-0.1, -0.05) is 22.8 Å². The van der Waals surface area contributed by atoms with Gasteiger partial charge in [-0.15, -0.1) is 11.3 Å². The molecule has 120 valence electrons. The molecule has 3 aromatic rings. The molecular weight excluding hydrogens is 360 g/mol. The molecule has 3 rings (SSSR count). The fourth-order valence-corrected chi connectivity index (χ4v) is 3.81. The van der Waals surface area contributed by atoms with E-state index in [-0.39, 0.29) is 17.3 Å². The minimum absolute atomic E-state index is 0.0759. The van der Waals surface area contributed by atoms with Gasteiger partial charge in [-0.25, -0.2) is 18.1 Å². The van der Waals surface area contributed by atoms with Crippen LogP contribution in [0.25, 0.3) is 10.8 Å². The first kappa shape index (κ1) is 16.1. The third kappa shape index (κ3) is 3.58. The first-order valence-electron chi connectivity index (χ1n) is 6.44. The highest BCUT2D eigenvalue weighted by Crippen LogP contribution is 2.25. The first-order chi connectivity index (χ1) is 11.0. The van der Waals surface area contributed by atoms with Crippen LogP contribution in [-0.4, -0.2) is 23.5 Å². The average Bonchev–Trinajstić information content (AvgIpc) is 3.14. The van der Waals surface area contributed by atoms with Crippen molar-refractivity contribution in [2.45, 2.75) is 18.4 Å². The summed E-state index contributed by atoms with van der Waals surface area (Å²) in [5.74, 6) is 0.556. The van der Waals surface area contributed by atoms with Gasteiger partial charge in [0, 0.05) is 5.02 Å². The van der Waals surface area contributed by atoms with E-state index >= 15 is 0 Å². The van der Waals surface area contributed by atoms with E-state index in [0.29, 0.717) is 10.9 Å². The van der Waals surface area contributed by atoms with E-state index in [1.807, 2.05) is 6.92 Å². The Morgan fingerprint density at radius 1 is 1.39 bits per heavy atom. The van der Waals surface area contributed by atoms with Gasteiger partial charge in [0.25, 0.3) is 5.89 Å². The topological polar surface area (TPSA) is 98.0 Å². The Balaban J connectivity index is 1.74. The maximum Gasteiger partial charge on any atom is 0.269 e. The number of thiazole rings is 1. The van der Waals surface area contributed by atoms with Crippen molar-refractivity contribution in [2.24, 2.45) is 0 Å². The number of halogens is 1. The van der Waals surface area contributed by atoms with Crippen molar-refractivity contribution in [2.75, 3.05) is 0 Å². The van der Waals surface area contributed by atoms with Gasteiger partial charge in [-0.2, -0.15) is 4.98 Å². The summed E-state index contributed by atoms with van der Waals surface area (Å²) in [6.45, 7) is 1.74. The number of aromatic nitrogens is 3. The Labute approximate surface area is 141 Å². The van der Waals surface area contributed by atoms with Gasteiger partial charge in [0.1, 0.15) is 4.88 Å². The number of nitrogens with one attached hydrogen (secondary N) is 1. The molecule has 0 fully saturated rings. The second-order valence-corrected chi connectivity index (χ2v) is 7.62. The Morgan fingerprint density at radius 3 is 2.91 bits per heavy atom. The monoisotopic (exact) mass is 370 g/mol. The lowest BCUT2D eigenvalue weighted by Crippen LogP contribution is -2.23. The molecule has 10 heteroatoms. The van der Waals surface area contributed by atoms with Crippen LogP contribution in [0.4, 0.5) is 0 Å². The number of hydrogen-bond acceptors (Lipinski definition) is 7. The molecule has 0 aliphatic carbocycles. The molecule has 0 unspecified atom stereocenters. The predicted molar refractivity (Wildman–Crippen MR) is 85.6 cm³/mol. The summed E-state index contributed by atoms with van der Waals surface area (Å²) in [7, 11) is -3.70. The molecular formula is C13H11ClN4O3S2. The molecule has 23 heavy (non-hydrogen) atoms. The van der Waals surface area contributed by atoms with E-state index in [4.69, 9.17) is 16.1 Å². The molecule has 0 aliphatic rings. The van der Waals surface area contributed by atoms with Gasteiger partial charge in [0.15, 0.2) is 5.82 Å². The highest BCUT2D eigenvalue weighted by Gasteiger charge is 2.17. The number of rotatable bonds is 5. The van der Waals surface area contributed by atoms with Crippen LogP contribution < -0.4 is 4.72 Å². The van der Waals surface area contributed by atoms with E-state index in [1.165, 1.54) is 23.5 Å². The molecule has 2 aromatic heterocycles. The number of nitrogens with zero attached hydrogens (tertiary/aromatic N) is 3. The molecule has 0 saturated carbocycles. The number of sulfonamides is 1. The standard InChI is InChI=1S/C13H11ClN4O3S2/c1-8-12(22-7-15-8)13-17-11(18-21-13)6-16-23(19,20)10-4-2-3-9(14)5-10/h2-5,7,16H,6H2,1H3. The summed E-state index contributed by atoms with van der Waals surface area (Å²) in [6.07, 6.45) is 0. The maximum absolute atomic E-state index is 12.2. The molecule has 0 radical (unpaired) electrons. The summed E-state index contributed by atoms with van der Waals surface area (Å²) in [5, 5.41) is 4.11. The summed E-state index contributed by atoms with van der Waals surface area (Å²) >= 11 is 7.18. The van der Waals surface area contributed by atoms with Crippen molar-refractivity contribution >= 4 is 33.0 Å². The second kappa shape index (κ2) is 6.36. The van der Waals surface area contributed by atoms with Crippen LogP contribution in [-0.2, 0) is 16.6 Å². The Bertz CT molecular complexity index is 936. The van der Waals surface area contributed by atoms with Crippen molar-refractivity contribution in [3.8, 4) is 10.8 Å². The van der Waals surface area contributed by atoms with Crippen LogP contribution in [0.5, 0.6) is 0 Å². The zero-order valence-electron chi connectivity index (χ0n) is 11.9. The fraction of sp³-hybridized carbons (Fsp3) is 0.154. The molecule has 0 aliphatic heterocycles. The summed E-state index contributed by atoms with van der Waals surface area (Å²) in [5.41, 5.74) is 2.46. The maximum atomic E-state index is 12.2. The largest absolute Gasteiger partial charge is 0.333 e. The van der Waals surface area contributed by atoms with Crippen molar-refractivity contribution < 1.29 is 12.9 Å². The Morgan fingerprint density at radius 2 is 2.22 bits per heavy atom. The molecule has 0 bridgehead atoms. The Kier molecular flexibility index (Phi) is 4.44. The van der Waals surface area contributed by atoms with E-state index < -0.39 is 10.0 Å². The van der Waals surface area contributed by atoms with Crippen molar-refractivity contribution in [1.82, 2.24) is 19.8 Å². The van der Waals surface area contributed by atoms with Gasteiger partial charge in [-0.05, 0) is 25.1 Å². The number of benzene rings is 1. The van der Waals surface area contributed by atoms with E-state index in [0.717, 1.165) is 10.6 Å². The molecule has 7 nitrogen and oxygen atoms in total. The third-order valence-electron chi connectivity index (χ3n) is 2.93. The van der Waals surface area contributed by atoms with Gasteiger partial charge in [0.2, 0.25) is 10.0 Å². The van der Waals surface area contributed by atoms with Crippen LogP contribution in [0.2, 0.25) is 5.02 Å². The molecule has 1 aromatic carbocycles. The van der Waals surface area contributed by atoms with Gasteiger partial charge >= 0.3 is 0 Å². The third-order valence-corrected chi connectivity index (χ3v) is 5.49. The van der Waals surface area contributed by atoms with Crippen LogP contribution in [0.1, 0.15) is 11.5 Å². The summed E-state index contributed by atoms with van der Waals surface area (Å²) in [6, 6.07) is 5.99. The molecule has 2 heterocycles. The minimum Gasteiger partial charge on any atom is -0.333 e. The SMILES string of the molecule is Cc1ncsc1-c1nc(CNS(=O)(=O)c2cccc(Cl)c2)no1. The van der Waals surface area contributed by atoms with Crippen LogP contribution in [0, 0.1) is 6.92 Å². The van der Waals surface area contributed by atoms with Crippen LogP contribution in [0.15, 0.2) is 39.2 Å². The molecule has 0 amide bonds. The van der Waals surface area contributed by atoms with E-state index in [1.54, 1.807) is 17.6 Å². The number of aryl methyl sites for hydroxylation is 1. The lowest BCUT2D eigenvalue weighted by molar-refractivity contribution is 0.422. The van der Waals surface area contributed by atoms with Crippen molar-refractivity contribution in [3.05, 3.63) is 46.3 Å². The zero-order chi connectivity index (χ0) is 16.4. The van der Waals surface area contributed by atoms with E-state index in [9.17, 15) is 8.42 Å². The van der Waals surface area contributed by atoms with Crippen molar-refractivity contribution in [1.29, 1.82) is 0 Å². The fourth-order valence-electron chi connectivity index (χ4n) is 1.80. The minimum atomic E-state index is -3.70. The smallest absolute Gasteiger partial charge is 0.269 e. The van der Waals surface area contributed by atoms with Crippen LogP contribution in [0.3, 0.4) is 0 Å². The van der Waals surface area contributed by atoms with Gasteiger partial charge in [0.05, 0.1) is 22.6 Å². The lowest BCUT2D eigenvalue weighted by atomic mass is 10.4. The lowest BCUT2D eigenvalue weighted by Gasteiger charge is -2.04. The van der Waals surface area contributed by atoms with E-state index in [2.05, 4.69) is 19.8 Å². The molecule has 0 atom stereocenters. The Hall–Kier alpha value is -1.81. The highest BCUT2D eigenvalue weighted by atomic mass is 35.5. The molecule has 0 spiro atoms. The zero-order valence-corrected chi connectivity index (χ0v) is 14.2. The average molecular weight is 371 g/mol. The summed E-state index contributed by atoms with van der Waals surface area (Å²) in [4.78, 5) is 9.11. The predicted octanol–water partition coefficient (Wildman–Crippen LogP) is 2.63. The van der Waals surface area contributed by atoms with Gasteiger partial charge < -0.3 is 4.52 Å². The quantitative estimate of drug-likeness (QED) is 0.741. The number of hydrogen-bond donors (Lipinski definition) is 1. The van der Waals surface area contributed by atoms with Crippen LogP contribution >= 0.6 is 22.9 Å². The van der Waals surface area contributed by atoms with Crippen molar-refractivity contribution in [3.63, 3.8) is 0 Å². The summed E-state index contributed by atoms with van der Waals surface area (Å²) < 4.78 is 31.9. The molecule has 0 saturated heterocycles. The molecule has 1 N–H and O–H groups in total. The first-order valence-corrected chi connectivity index (χ1v) is 9.18. The highest BCUT2D eigenvalue weighted by molar-refractivity contribution is 7.89.